The van der Waals surface area contributed by atoms with Crippen molar-refractivity contribution in [2.24, 2.45) is 0 Å². The van der Waals surface area contributed by atoms with Gasteiger partial charge >= 0.3 is 0 Å². The van der Waals surface area contributed by atoms with E-state index in [2.05, 4.69) is 58.9 Å². The summed E-state index contributed by atoms with van der Waals surface area (Å²) in [4.78, 5) is 0. The van der Waals surface area contributed by atoms with E-state index in [1.807, 2.05) is 10.9 Å². The van der Waals surface area contributed by atoms with Gasteiger partial charge in [-0.25, -0.2) is 0 Å². The number of aryl methyl sites for hydroxylation is 2. The summed E-state index contributed by atoms with van der Waals surface area (Å²) in [5.41, 5.74) is 8.01. The molecule has 0 amide bonds. The van der Waals surface area contributed by atoms with Gasteiger partial charge in [0, 0.05) is 38.9 Å². The maximum atomic E-state index is 4.44. The first-order chi connectivity index (χ1) is 8.41. The largest absolute Gasteiger partial charge is 0.270 e. The molecule has 1 heterocycles. The van der Waals surface area contributed by atoms with Gasteiger partial charge < -0.3 is 0 Å². The van der Waals surface area contributed by atoms with Gasteiger partial charge in [0.2, 0.25) is 0 Å². The van der Waals surface area contributed by atoms with Gasteiger partial charge in [0.1, 0.15) is 0 Å². The average molecular weight is 437 g/mol. The predicted molar refractivity (Wildman–Crippen MR) is 77.0 cm³/mol. The molecule has 0 unspecified atom stereocenters. The summed E-state index contributed by atoms with van der Waals surface area (Å²) in [5.74, 6) is 0. The van der Waals surface area contributed by atoms with Crippen LogP contribution < -0.4 is 0 Å². The molecule has 0 aliphatic heterocycles. The fourth-order valence-corrected chi connectivity index (χ4v) is 2.48. The molecule has 0 atom stereocenters. The minimum absolute atomic E-state index is 0. The molecule has 2 aromatic rings. The van der Waals surface area contributed by atoms with E-state index < -0.39 is 0 Å². The molecule has 0 radical (unpaired) electrons. The van der Waals surface area contributed by atoms with Crippen molar-refractivity contribution in [2.75, 3.05) is 0 Å². The van der Waals surface area contributed by atoms with Crippen molar-refractivity contribution in [1.29, 1.82) is 0 Å². The summed E-state index contributed by atoms with van der Waals surface area (Å²) in [6.45, 7) is 13.1. The van der Waals surface area contributed by atoms with E-state index in [0.29, 0.717) is 6.04 Å². The smallest absolute Gasteiger partial charge is 0.0568 e. The molecular formula is C16H22N2Pt. The molecule has 19 heavy (non-hydrogen) atoms. The molecule has 1 aromatic carbocycles. The molecule has 0 saturated carbocycles. The topological polar surface area (TPSA) is 17.8 Å². The molecule has 1 aromatic heterocycles. The van der Waals surface area contributed by atoms with Gasteiger partial charge in [-0.05, 0) is 69.4 Å². The van der Waals surface area contributed by atoms with Crippen LogP contribution in [0.3, 0.4) is 0 Å². The van der Waals surface area contributed by atoms with Crippen LogP contribution in [0.15, 0.2) is 18.5 Å². The van der Waals surface area contributed by atoms with Gasteiger partial charge in [-0.3, -0.25) is 4.68 Å². The zero-order valence-electron chi connectivity index (χ0n) is 12.5. The van der Waals surface area contributed by atoms with Crippen molar-refractivity contribution in [3.63, 3.8) is 0 Å². The van der Waals surface area contributed by atoms with Gasteiger partial charge in [0.05, 0.1) is 6.20 Å². The zero-order chi connectivity index (χ0) is 13.4. The van der Waals surface area contributed by atoms with Crippen LogP contribution in [0, 0.1) is 27.7 Å². The van der Waals surface area contributed by atoms with Gasteiger partial charge in [-0.1, -0.05) is 6.07 Å². The Bertz CT molecular complexity index is 583. The number of benzene rings is 1. The van der Waals surface area contributed by atoms with Crippen LogP contribution in [0.25, 0.3) is 11.1 Å². The molecule has 2 rings (SSSR count). The van der Waals surface area contributed by atoms with Crippen LogP contribution in [0.2, 0.25) is 0 Å². The molecule has 106 valence electrons. The fourth-order valence-electron chi connectivity index (χ4n) is 2.48. The van der Waals surface area contributed by atoms with Gasteiger partial charge in [0.15, 0.2) is 0 Å². The van der Waals surface area contributed by atoms with Crippen LogP contribution >= 0.6 is 0 Å². The second-order valence-electron chi connectivity index (χ2n) is 5.44. The SMILES string of the molecule is Cc1cc(C)c(-c2cnn(C(C)C)c2)c(C)c1C.[Pt]. The van der Waals surface area contributed by atoms with Crippen LogP contribution in [0.4, 0.5) is 0 Å². The zero-order valence-corrected chi connectivity index (χ0v) is 14.8. The second kappa shape index (κ2) is 6.05. The van der Waals surface area contributed by atoms with Gasteiger partial charge in [0.25, 0.3) is 0 Å². The first-order valence-corrected chi connectivity index (χ1v) is 6.53. The van der Waals surface area contributed by atoms with E-state index >= 15 is 0 Å². The first-order valence-electron chi connectivity index (χ1n) is 6.53. The maximum absolute atomic E-state index is 4.44. The minimum Gasteiger partial charge on any atom is -0.270 e. The molecule has 0 bridgehead atoms. The van der Waals surface area contributed by atoms with Crippen molar-refractivity contribution in [1.82, 2.24) is 9.78 Å². The molecule has 0 saturated heterocycles. The summed E-state index contributed by atoms with van der Waals surface area (Å²) < 4.78 is 2.02. The Balaban J connectivity index is 0.00000180. The van der Waals surface area contributed by atoms with Crippen molar-refractivity contribution in [3.8, 4) is 11.1 Å². The molecule has 0 spiro atoms. The summed E-state index contributed by atoms with van der Waals surface area (Å²) >= 11 is 0. The van der Waals surface area contributed by atoms with Crippen molar-refractivity contribution in [2.45, 2.75) is 47.6 Å². The van der Waals surface area contributed by atoms with Crippen LogP contribution in [-0.2, 0) is 21.1 Å². The molecule has 0 aliphatic carbocycles. The summed E-state index contributed by atoms with van der Waals surface area (Å²) in [7, 11) is 0. The quantitative estimate of drug-likeness (QED) is 0.683. The molecule has 2 nitrogen and oxygen atoms in total. The van der Waals surface area contributed by atoms with Gasteiger partial charge in [-0.2, -0.15) is 5.10 Å². The predicted octanol–water partition coefficient (Wildman–Crippen LogP) is 4.36. The van der Waals surface area contributed by atoms with Crippen molar-refractivity contribution in [3.05, 3.63) is 40.7 Å². The molecule has 0 aliphatic rings. The van der Waals surface area contributed by atoms with Gasteiger partial charge in [-0.15, -0.1) is 0 Å². The van der Waals surface area contributed by atoms with E-state index in [9.17, 15) is 0 Å². The third-order valence-corrected chi connectivity index (χ3v) is 3.78. The van der Waals surface area contributed by atoms with E-state index in [0.717, 1.165) is 0 Å². The average Bonchev–Trinajstić information content (AvgIpc) is 2.75. The molecule has 0 fully saturated rings. The van der Waals surface area contributed by atoms with E-state index in [-0.39, 0.29) is 21.1 Å². The number of aromatic nitrogens is 2. The summed E-state index contributed by atoms with van der Waals surface area (Å²) in [5, 5.41) is 4.44. The van der Waals surface area contributed by atoms with Crippen molar-refractivity contribution < 1.29 is 21.1 Å². The third kappa shape index (κ3) is 3.00. The van der Waals surface area contributed by atoms with Crippen LogP contribution in [0.1, 0.15) is 42.1 Å². The van der Waals surface area contributed by atoms with Crippen LogP contribution in [0.5, 0.6) is 0 Å². The van der Waals surface area contributed by atoms with E-state index in [1.54, 1.807) is 0 Å². The standard InChI is InChI=1S/C16H22N2.Pt/c1-10(2)18-9-15(8-17-18)16-12(4)7-11(3)13(5)14(16)6;/h7-10H,1-6H3;. The van der Waals surface area contributed by atoms with Crippen LogP contribution in [-0.4, -0.2) is 9.78 Å². The fraction of sp³-hybridized carbons (Fsp3) is 0.438. The number of hydrogen-bond acceptors (Lipinski definition) is 1. The molecule has 3 heteroatoms. The number of hydrogen-bond donors (Lipinski definition) is 0. The minimum atomic E-state index is 0. The number of rotatable bonds is 2. The third-order valence-electron chi connectivity index (χ3n) is 3.78. The Morgan fingerprint density at radius 3 is 2.16 bits per heavy atom. The maximum Gasteiger partial charge on any atom is 0.0568 e. The Morgan fingerprint density at radius 1 is 1.00 bits per heavy atom. The molecular weight excluding hydrogens is 415 g/mol. The first kappa shape index (κ1) is 16.2. The Labute approximate surface area is 130 Å². The summed E-state index contributed by atoms with van der Waals surface area (Å²) in [6.07, 6.45) is 4.12. The Morgan fingerprint density at radius 2 is 1.63 bits per heavy atom. The summed E-state index contributed by atoms with van der Waals surface area (Å²) in [6, 6.07) is 2.68. The second-order valence-corrected chi connectivity index (χ2v) is 5.44. The normalized spacial score (nSPS) is 10.7. The van der Waals surface area contributed by atoms with Crippen molar-refractivity contribution >= 4 is 0 Å². The van der Waals surface area contributed by atoms with E-state index in [4.69, 9.17) is 0 Å². The molecule has 0 N–H and O–H groups in total. The Kier molecular flexibility index (Phi) is 5.15. The van der Waals surface area contributed by atoms with E-state index in [1.165, 1.54) is 33.4 Å². The number of nitrogens with zero attached hydrogens (tertiary/aromatic N) is 2. The monoisotopic (exact) mass is 437 g/mol. The Hall–Kier alpha value is -0.882.